The first-order chi connectivity index (χ1) is 10.1. The molecule has 1 unspecified atom stereocenters. The van der Waals surface area contributed by atoms with E-state index in [4.69, 9.17) is 9.84 Å². The second-order valence-corrected chi connectivity index (χ2v) is 6.56. The Labute approximate surface area is 129 Å². The lowest BCUT2D eigenvalue weighted by atomic mass is 10.2. The highest BCUT2D eigenvalue weighted by Crippen LogP contribution is 2.25. The van der Waals surface area contributed by atoms with Gasteiger partial charge in [-0.1, -0.05) is 23.1 Å². The molecule has 2 heterocycles. The zero-order valence-electron chi connectivity index (χ0n) is 11.4. The van der Waals surface area contributed by atoms with Crippen LogP contribution < -0.4 is 5.32 Å². The van der Waals surface area contributed by atoms with E-state index in [-0.39, 0.29) is 11.7 Å². The van der Waals surface area contributed by atoms with Gasteiger partial charge in [-0.05, 0) is 6.92 Å². The Morgan fingerprint density at radius 3 is 2.86 bits per heavy atom. The molecule has 21 heavy (non-hydrogen) atoms. The normalized spacial score (nSPS) is 16.5. The average molecular weight is 332 g/mol. The summed E-state index contributed by atoms with van der Waals surface area (Å²) < 4.78 is 5.77. The van der Waals surface area contributed by atoms with Crippen LogP contribution in [-0.2, 0) is 14.3 Å². The second kappa shape index (κ2) is 7.57. The summed E-state index contributed by atoms with van der Waals surface area (Å²) in [5.41, 5.74) is 0. The molecular weight excluding hydrogens is 316 g/mol. The lowest BCUT2D eigenvalue weighted by molar-refractivity contribution is -0.136. The SMILES string of the molecule is CC(Nc1nnc(SCC(=O)O)s1)C(=O)N1CCOCC1. The number of rotatable bonds is 6. The summed E-state index contributed by atoms with van der Waals surface area (Å²) in [5, 5.41) is 19.9. The molecule has 1 aromatic heterocycles. The molecule has 1 fully saturated rings. The van der Waals surface area contributed by atoms with Gasteiger partial charge >= 0.3 is 5.97 Å². The van der Waals surface area contributed by atoms with E-state index in [9.17, 15) is 9.59 Å². The number of anilines is 1. The molecule has 0 radical (unpaired) electrons. The van der Waals surface area contributed by atoms with E-state index in [0.717, 1.165) is 11.8 Å². The number of nitrogens with zero attached hydrogens (tertiary/aromatic N) is 3. The first-order valence-corrected chi connectivity index (χ1v) is 8.17. The number of morpholine rings is 1. The first-order valence-electron chi connectivity index (χ1n) is 6.37. The number of carbonyl (C=O) groups is 2. The van der Waals surface area contributed by atoms with Crippen LogP contribution >= 0.6 is 23.1 Å². The van der Waals surface area contributed by atoms with Gasteiger partial charge in [0.15, 0.2) is 4.34 Å². The number of hydrogen-bond donors (Lipinski definition) is 2. The Kier molecular flexibility index (Phi) is 5.76. The molecule has 0 aliphatic carbocycles. The van der Waals surface area contributed by atoms with Crippen LogP contribution in [0.1, 0.15) is 6.92 Å². The number of aliphatic carboxylic acids is 1. The van der Waals surface area contributed by atoms with E-state index in [1.807, 2.05) is 0 Å². The van der Waals surface area contributed by atoms with Crippen LogP contribution in [0, 0.1) is 0 Å². The molecular formula is C11H16N4O4S2. The van der Waals surface area contributed by atoms with Gasteiger partial charge in [0.1, 0.15) is 6.04 Å². The van der Waals surface area contributed by atoms with Crippen molar-refractivity contribution in [1.29, 1.82) is 0 Å². The lowest BCUT2D eigenvalue weighted by Crippen LogP contribution is -2.46. The van der Waals surface area contributed by atoms with Gasteiger partial charge in [-0.2, -0.15) is 0 Å². The minimum atomic E-state index is -0.902. The standard InChI is InChI=1S/C11H16N4O4S2/c1-7(9(18)15-2-4-19-5-3-15)12-10-13-14-11(21-10)20-6-8(16)17/h7H,2-6H2,1H3,(H,12,13)(H,16,17). The Hall–Kier alpha value is -1.39. The first kappa shape index (κ1) is 16.0. The molecule has 1 saturated heterocycles. The second-order valence-electron chi connectivity index (χ2n) is 4.36. The van der Waals surface area contributed by atoms with E-state index < -0.39 is 12.0 Å². The van der Waals surface area contributed by atoms with E-state index in [2.05, 4.69) is 15.5 Å². The van der Waals surface area contributed by atoms with Crippen molar-refractivity contribution in [2.75, 3.05) is 37.4 Å². The van der Waals surface area contributed by atoms with Crippen molar-refractivity contribution in [3.8, 4) is 0 Å². The van der Waals surface area contributed by atoms with Crippen molar-refractivity contribution in [3.05, 3.63) is 0 Å². The molecule has 0 spiro atoms. The highest BCUT2D eigenvalue weighted by molar-refractivity contribution is 8.01. The van der Waals surface area contributed by atoms with Gasteiger partial charge < -0.3 is 20.1 Å². The Balaban J connectivity index is 1.85. The van der Waals surface area contributed by atoms with Gasteiger partial charge in [0.05, 0.1) is 19.0 Å². The van der Waals surface area contributed by atoms with Crippen molar-refractivity contribution in [3.63, 3.8) is 0 Å². The van der Waals surface area contributed by atoms with Gasteiger partial charge in [-0.15, -0.1) is 10.2 Å². The molecule has 1 atom stereocenters. The summed E-state index contributed by atoms with van der Waals surface area (Å²) in [4.78, 5) is 24.4. The van der Waals surface area contributed by atoms with Gasteiger partial charge in [-0.3, -0.25) is 9.59 Å². The molecule has 0 saturated carbocycles. The largest absolute Gasteiger partial charge is 0.481 e. The average Bonchev–Trinajstić information content (AvgIpc) is 2.92. The highest BCUT2D eigenvalue weighted by atomic mass is 32.2. The zero-order chi connectivity index (χ0) is 15.2. The smallest absolute Gasteiger partial charge is 0.313 e. The molecule has 0 bridgehead atoms. The van der Waals surface area contributed by atoms with Gasteiger partial charge in [0.2, 0.25) is 11.0 Å². The van der Waals surface area contributed by atoms with Gasteiger partial charge in [-0.25, -0.2) is 0 Å². The molecule has 2 rings (SSSR count). The van der Waals surface area contributed by atoms with E-state index >= 15 is 0 Å². The Bertz CT molecular complexity index is 504. The molecule has 1 aliphatic heterocycles. The minimum Gasteiger partial charge on any atom is -0.481 e. The third-order valence-electron chi connectivity index (χ3n) is 2.76. The Morgan fingerprint density at radius 2 is 2.19 bits per heavy atom. The lowest BCUT2D eigenvalue weighted by Gasteiger charge is -2.29. The summed E-state index contributed by atoms with van der Waals surface area (Å²) in [6, 6.07) is -0.409. The quantitative estimate of drug-likeness (QED) is 0.720. The number of amides is 1. The third kappa shape index (κ3) is 4.83. The van der Waals surface area contributed by atoms with Crippen molar-refractivity contribution in [2.45, 2.75) is 17.3 Å². The minimum absolute atomic E-state index is 0.00626. The topological polar surface area (TPSA) is 105 Å². The maximum absolute atomic E-state index is 12.2. The molecule has 10 heteroatoms. The molecule has 2 N–H and O–H groups in total. The van der Waals surface area contributed by atoms with Crippen LogP contribution in [0.3, 0.4) is 0 Å². The predicted molar refractivity (Wildman–Crippen MR) is 78.8 cm³/mol. The Morgan fingerprint density at radius 1 is 1.48 bits per heavy atom. The van der Waals surface area contributed by atoms with Crippen LogP contribution in [-0.4, -0.2) is 70.2 Å². The van der Waals surface area contributed by atoms with Gasteiger partial charge in [0.25, 0.3) is 0 Å². The molecule has 8 nitrogen and oxygen atoms in total. The number of ether oxygens (including phenoxy) is 1. The summed E-state index contributed by atoms with van der Waals surface area (Å²) >= 11 is 2.34. The monoisotopic (exact) mass is 332 g/mol. The predicted octanol–water partition coefficient (Wildman–Crippen LogP) is 0.374. The maximum atomic E-state index is 12.2. The van der Waals surface area contributed by atoms with Crippen LogP contribution in [0.5, 0.6) is 0 Å². The van der Waals surface area contributed by atoms with Crippen LogP contribution in [0.4, 0.5) is 5.13 Å². The van der Waals surface area contributed by atoms with Crippen molar-refractivity contribution < 1.29 is 19.4 Å². The zero-order valence-corrected chi connectivity index (χ0v) is 13.1. The number of aromatic nitrogens is 2. The fourth-order valence-corrected chi connectivity index (χ4v) is 3.31. The van der Waals surface area contributed by atoms with Crippen LogP contribution in [0.25, 0.3) is 0 Å². The highest BCUT2D eigenvalue weighted by Gasteiger charge is 2.23. The summed E-state index contributed by atoms with van der Waals surface area (Å²) in [6.45, 7) is 4.09. The number of carboxylic acid groups (broad SMARTS) is 1. The fourth-order valence-electron chi connectivity index (χ4n) is 1.75. The number of carboxylic acids is 1. The van der Waals surface area contributed by atoms with E-state index in [1.54, 1.807) is 11.8 Å². The molecule has 0 aromatic carbocycles. The van der Waals surface area contributed by atoms with Crippen molar-refractivity contribution in [1.82, 2.24) is 15.1 Å². The molecule has 1 amide bonds. The maximum Gasteiger partial charge on any atom is 0.313 e. The number of hydrogen-bond acceptors (Lipinski definition) is 8. The molecule has 1 aliphatic rings. The van der Waals surface area contributed by atoms with E-state index in [0.29, 0.717) is 35.8 Å². The molecule has 1 aromatic rings. The fraction of sp³-hybridized carbons (Fsp3) is 0.636. The molecule has 116 valence electrons. The van der Waals surface area contributed by atoms with Crippen LogP contribution in [0.2, 0.25) is 0 Å². The number of nitrogens with one attached hydrogen (secondary N) is 1. The summed E-state index contributed by atoms with van der Waals surface area (Å²) in [5.74, 6) is -0.967. The third-order valence-corrected chi connectivity index (χ3v) is 4.73. The van der Waals surface area contributed by atoms with Crippen LogP contribution in [0.15, 0.2) is 4.34 Å². The summed E-state index contributed by atoms with van der Waals surface area (Å²) in [7, 11) is 0. The van der Waals surface area contributed by atoms with E-state index in [1.165, 1.54) is 11.3 Å². The van der Waals surface area contributed by atoms with Crippen molar-refractivity contribution >= 4 is 40.1 Å². The summed E-state index contributed by atoms with van der Waals surface area (Å²) in [6.07, 6.45) is 0. The number of thioether (sulfide) groups is 1. The van der Waals surface area contributed by atoms with Gasteiger partial charge in [0, 0.05) is 13.1 Å². The number of carbonyl (C=O) groups excluding carboxylic acids is 1. The van der Waals surface area contributed by atoms with Crippen molar-refractivity contribution in [2.24, 2.45) is 0 Å².